The Balaban J connectivity index is 1.41. The molecule has 0 spiro atoms. The second-order valence-corrected chi connectivity index (χ2v) is 7.08. The monoisotopic (exact) mass is 307 g/mol. The minimum atomic E-state index is 0.402. The van der Waals surface area contributed by atoms with Crippen LogP contribution in [0.1, 0.15) is 24.8 Å². The Morgan fingerprint density at radius 1 is 1.22 bits per heavy atom. The van der Waals surface area contributed by atoms with Crippen LogP contribution in [0.4, 0.5) is 0 Å². The molecule has 2 nitrogen and oxygen atoms in total. The number of nitrogens with one attached hydrogen (secondary N) is 1. The summed E-state index contributed by atoms with van der Waals surface area (Å²) in [5, 5.41) is 13.5. The summed E-state index contributed by atoms with van der Waals surface area (Å²) in [5.41, 5.74) is 1.00. The standard InChI is InChI=1S/C15H18BrNO/c16-11-3-4-12(18)10(6-11)7-17-15-13-8-1-2-9(5-8)14(13)15/h3-4,6,8-9,13-15,17-18H,1-2,5,7H2. The molecule has 0 radical (unpaired) electrons. The molecule has 0 amide bonds. The topological polar surface area (TPSA) is 32.3 Å². The third-order valence-electron chi connectivity index (χ3n) is 5.31. The van der Waals surface area contributed by atoms with Crippen LogP contribution in [0.25, 0.3) is 0 Å². The molecule has 1 aromatic carbocycles. The van der Waals surface area contributed by atoms with Gasteiger partial charge in [0.2, 0.25) is 0 Å². The number of benzene rings is 1. The number of aromatic hydroxyl groups is 1. The zero-order valence-corrected chi connectivity index (χ0v) is 11.9. The van der Waals surface area contributed by atoms with Crippen molar-refractivity contribution in [3.8, 4) is 5.75 Å². The zero-order valence-electron chi connectivity index (χ0n) is 10.3. The van der Waals surface area contributed by atoms with Gasteiger partial charge < -0.3 is 10.4 Å². The van der Waals surface area contributed by atoms with E-state index in [1.165, 1.54) is 19.3 Å². The Morgan fingerprint density at radius 3 is 2.67 bits per heavy atom. The van der Waals surface area contributed by atoms with Crippen LogP contribution in [0.15, 0.2) is 22.7 Å². The van der Waals surface area contributed by atoms with E-state index in [9.17, 15) is 5.11 Å². The van der Waals surface area contributed by atoms with Crippen LogP contribution in [0, 0.1) is 23.7 Å². The second kappa shape index (κ2) is 3.97. The highest BCUT2D eigenvalue weighted by atomic mass is 79.9. The quantitative estimate of drug-likeness (QED) is 0.898. The molecular weight excluding hydrogens is 290 g/mol. The first-order chi connectivity index (χ1) is 8.74. The van der Waals surface area contributed by atoms with Gasteiger partial charge in [0.25, 0.3) is 0 Å². The lowest BCUT2D eigenvalue weighted by molar-refractivity contribution is 0.445. The van der Waals surface area contributed by atoms with Crippen molar-refractivity contribution in [2.45, 2.75) is 31.8 Å². The number of fused-ring (bicyclic) bond motifs is 5. The van der Waals surface area contributed by atoms with E-state index in [1.54, 1.807) is 6.07 Å². The average Bonchev–Trinajstić information content (AvgIpc) is 2.76. The summed E-state index contributed by atoms with van der Waals surface area (Å²) in [6.45, 7) is 0.794. The van der Waals surface area contributed by atoms with Crippen LogP contribution in [0.5, 0.6) is 5.75 Å². The van der Waals surface area contributed by atoms with Gasteiger partial charge in [0.1, 0.15) is 5.75 Å². The van der Waals surface area contributed by atoms with E-state index in [0.29, 0.717) is 5.75 Å². The molecule has 0 heterocycles. The van der Waals surface area contributed by atoms with Crippen LogP contribution in [-0.4, -0.2) is 11.1 Å². The van der Waals surface area contributed by atoms with Crippen LogP contribution in [0.3, 0.4) is 0 Å². The van der Waals surface area contributed by atoms with Gasteiger partial charge >= 0.3 is 0 Å². The number of halogens is 1. The maximum absolute atomic E-state index is 9.83. The highest BCUT2D eigenvalue weighted by Crippen LogP contribution is 2.65. The van der Waals surface area contributed by atoms with Crippen molar-refractivity contribution in [1.29, 1.82) is 0 Å². The summed E-state index contributed by atoms with van der Waals surface area (Å²) < 4.78 is 1.04. The predicted octanol–water partition coefficient (Wildman–Crippen LogP) is 3.29. The van der Waals surface area contributed by atoms with Crippen molar-refractivity contribution in [3.63, 3.8) is 0 Å². The van der Waals surface area contributed by atoms with Crippen molar-refractivity contribution < 1.29 is 5.11 Å². The summed E-state index contributed by atoms with van der Waals surface area (Å²) >= 11 is 3.46. The van der Waals surface area contributed by atoms with Gasteiger partial charge in [-0.1, -0.05) is 15.9 Å². The molecule has 3 aliphatic carbocycles. The summed E-state index contributed by atoms with van der Waals surface area (Å²) in [7, 11) is 0. The zero-order chi connectivity index (χ0) is 12.3. The maximum Gasteiger partial charge on any atom is 0.120 e. The van der Waals surface area contributed by atoms with Crippen molar-refractivity contribution in [1.82, 2.24) is 5.32 Å². The minimum absolute atomic E-state index is 0.402. The lowest BCUT2D eigenvalue weighted by Gasteiger charge is -2.11. The first kappa shape index (κ1) is 11.3. The van der Waals surface area contributed by atoms with Crippen molar-refractivity contribution in [2.75, 3.05) is 0 Å². The highest BCUT2D eigenvalue weighted by Gasteiger charge is 2.64. The van der Waals surface area contributed by atoms with Gasteiger partial charge in [0.15, 0.2) is 0 Å². The van der Waals surface area contributed by atoms with Gasteiger partial charge in [-0.25, -0.2) is 0 Å². The Bertz CT molecular complexity index is 473. The van der Waals surface area contributed by atoms with E-state index in [1.807, 2.05) is 12.1 Å². The van der Waals surface area contributed by atoms with Crippen LogP contribution in [0.2, 0.25) is 0 Å². The number of hydrogen-bond acceptors (Lipinski definition) is 2. The normalized spacial score (nSPS) is 39.9. The smallest absolute Gasteiger partial charge is 0.120 e. The maximum atomic E-state index is 9.83. The van der Waals surface area contributed by atoms with E-state index in [-0.39, 0.29) is 0 Å². The first-order valence-electron chi connectivity index (χ1n) is 6.95. The molecule has 0 saturated heterocycles. The van der Waals surface area contributed by atoms with E-state index in [2.05, 4.69) is 21.2 Å². The molecule has 3 aliphatic rings. The Kier molecular flexibility index (Phi) is 2.50. The fraction of sp³-hybridized carbons (Fsp3) is 0.600. The summed E-state index contributed by atoms with van der Waals surface area (Å²) in [5.74, 6) is 4.33. The Hall–Kier alpha value is -0.540. The molecule has 1 aromatic rings. The third kappa shape index (κ3) is 1.64. The molecule has 2 bridgehead atoms. The molecule has 3 saturated carbocycles. The Morgan fingerprint density at radius 2 is 1.94 bits per heavy atom. The fourth-order valence-electron chi connectivity index (χ4n) is 4.52. The Labute approximate surface area is 116 Å². The molecule has 4 rings (SSSR count). The highest BCUT2D eigenvalue weighted by molar-refractivity contribution is 9.10. The number of hydrogen-bond donors (Lipinski definition) is 2. The van der Waals surface area contributed by atoms with Gasteiger partial charge in [-0.3, -0.25) is 0 Å². The molecule has 0 aromatic heterocycles. The molecule has 4 unspecified atom stereocenters. The van der Waals surface area contributed by atoms with Crippen molar-refractivity contribution in [2.24, 2.45) is 23.7 Å². The largest absolute Gasteiger partial charge is 0.508 e. The van der Waals surface area contributed by atoms with Crippen LogP contribution < -0.4 is 5.32 Å². The van der Waals surface area contributed by atoms with Crippen molar-refractivity contribution in [3.05, 3.63) is 28.2 Å². The van der Waals surface area contributed by atoms with Gasteiger partial charge in [-0.05, 0) is 61.1 Å². The van der Waals surface area contributed by atoms with Crippen molar-refractivity contribution >= 4 is 15.9 Å². The molecule has 18 heavy (non-hydrogen) atoms. The average molecular weight is 308 g/mol. The molecule has 3 fully saturated rings. The lowest BCUT2D eigenvalue weighted by Crippen LogP contribution is -2.22. The van der Waals surface area contributed by atoms with Gasteiger partial charge in [0.05, 0.1) is 0 Å². The molecule has 2 N–H and O–H groups in total. The molecular formula is C15H18BrNO. The van der Waals surface area contributed by atoms with E-state index in [4.69, 9.17) is 0 Å². The molecule has 96 valence electrons. The van der Waals surface area contributed by atoms with Gasteiger partial charge in [-0.15, -0.1) is 0 Å². The minimum Gasteiger partial charge on any atom is -0.508 e. The first-order valence-corrected chi connectivity index (χ1v) is 7.74. The molecule has 0 aliphatic heterocycles. The number of phenols is 1. The second-order valence-electron chi connectivity index (χ2n) is 6.17. The van der Waals surface area contributed by atoms with Crippen LogP contribution in [-0.2, 0) is 6.54 Å². The van der Waals surface area contributed by atoms with Gasteiger partial charge in [-0.2, -0.15) is 0 Å². The molecule has 3 heteroatoms. The van der Waals surface area contributed by atoms with Gasteiger partial charge in [0, 0.05) is 22.6 Å². The van der Waals surface area contributed by atoms with E-state index >= 15 is 0 Å². The van der Waals surface area contributed by atoms with E-state index in [0.717, 1.165) is 46.3 Å². The summed E-state index contributed by atoms with van der Waals surface area (Å²) in [6, 6.07) is 6.38. The van der Waals surface area contributed by atoms with Crippen LogP contribution >= 0.6 is 15.9 Å². The third-order valence-corrected chi connectivity index (χ3v) is 5.80. The number of phenolic OH excluding ortho intramolecular Hbond substituents is 1. The molecule has 4 atom stereocenters. The summed E-state index contributed by atoms with van der Waals surface area (Å²) in [6.07, 6.45) is 4.42. The summed E-state index contributed by atoms with van der Waals surface area (Å²) in [4.78, 5) is 0. The predicted molar refractivity (Wildman–Crippen MR) is 74.2 cm³/mol. The number of rotatable bonds is 3. The lowest BCUT2D eigenvalue weighted by atomic mass is 10.0. The fourth-order valence-corrected chi connectivity index (χ4v) is 4.93. The van der Waals surface area contributed by atoms with E-state index < -0.39 is 0 Å². The SMILES string of the molecule is Oc1ccc(Br)cc1CNC1C2C3CCC(C3)C12.